The number of rotatable bonds is 6. The summed E-state index contributed by atoms with van der Waals surface area (Å²) >= 11 is 5.82. The molecule has 1 heterocycles. The SMILES string of the molecule is O=C(NCC(O)c1ccc(Cl)cc1)Nc1ccc(Cn2cccn2)cc1. The number of anilines is 1. The Hall–Kier alpha value is -2.83. The summed E-state index contributed by atoms with van der Waals surface area (Å²) in [7, 11) is 0. The first-order valence-electron chi connectivity index (χ1n) is 8.15. The number of aromatic nitrogens is 2. The minimum Gasteiger partial charge on any atom is -0.387 e. The summed E-state index contributed by atoms with van der Waals surface area (Å²) in [5, 5.41) is 20.2. The van der Waals surface area contributed by atoms with Crippen LogP contribution in [0.5, 0.6) is 0 Å². The van der Waals surface area contributed by atoms with Crippen molar-refractivity contribution in [2.45, 2.75) is 12.6 Å². The van der Waals surface area contributed by atoms with E-state index in [1.807, 2.05) is 41.2 Å². The van der Waals surface area contributed by atoms with Crippen molar-refractivity contribution in [3.8, 4) is 0 Å². The van der Waals surface area contributed by atoms with Gasteiger partial charge in [-0.3, -0.25) is 4.68 Å². The van der Waals surface area contributed by atoms with Gasteiger partial charge in [0.05, 0.1) is 12.6 Å². The van der Waals surface area contributed by atoms with E-state index in [2.05, 4.69) is 15.7 Å². The lowest BCUT2D eigenvalue weighted by Crippen LogP contribution is -2.32. The van der Waals surface area contributed by atoms with Crippen LogP contribution in [0.3, 0.4) is 0 Å². The zero-order valence-corrected chi connectivity index (χ0v) is 14.7. The molecule has 1 unspecified atom stereocenters. The van der Waals surface area contributed by atoms with Gasteiger partial charge in [0.2, 0.25) is 0 Å². The van der Waals surface area contributed by atoms with Crippen molar-refractivity contribution in [2.24, 2.45) is 0 Å². The Morgan fingerprint density at radius 1 is 1.15 bits per heavy atom. The van der Waals surface area contributed by atoms with Crippen molar-refractivity contribution in [2.75, 3.05) is 11.9 Å². The summed E-state index contributed by atoms with van der Waals surface area (Å²) in [5.41, 5.74) is 2.45. The van der Waals surface area contributed by atoms with E-state index < -0.39 is 6.10 Å². The highest BCUT2D eigenvalue weighted by Gasteiger charge is 2.09. The predicted molar refractivity (Wildman–Crippen MR) is 101 cm³/mol. The molecular weight excluding hydrogens is 352 g/mol. The number of benzene rings is 2. The van der Waals surface area contributed by atoms with Gasteiger partial charge in [-0.25, -0.2) is 4.79 Å². The molecule has 3 N–H and O–H groups in total. The topological polar surface area (TPSA) is 79.2 Å². The summed E-state index contributed by atoms with van der Waals surface area (Å²) in [6.45, 7) is 0.775. The van der Waals surface area contributed by atoms with E-state index in [1.54, 1.807) is 30.5 Å². The van der Waals surface area contributed by atoms with Gasteiger partial charge in [0.15, 0.2) is 0 Å². The van der Waals surface area contributed by atoms with E-state index in [-0.39, 0.29) is 12.6 Å². The zero-order chi connectivity index (χ0) is 18.4. The molecule has 3 rings (SSSR count). The highest BCUT2D eigenvalue weighted by Crippen LogP contribution is 2.16. The van der Waals surface area contributed by atoms with Crippen molar-refractivity contribution in [3.63, 3.8) is 0 Å². The average Bonchev–Trinajstić information content (AvgIpc) is 3.15. The van der Waals surface area contributed by atoms with Gasteiger partial charge in [0, 0.05) is 29.6 Å². The number of halogens is 1. The van der Waals surface area contributed by atoms with E-state index >= 15 is 0 Å². The third-order valence-corrected chi connectivity index (χ3v) is 4.08. The number of nitrogens with zero attached hydrogens (tertiary/aromatic N) is 2. The molecule has 26 heavy (non-hydrogen) atoms. The number of aliphatic hydroxyl groups is 1. The van der Waals surface area contributed by atoms with Gasteiger partial charge >= 0.3 is 6.03 Å². The summed E-state index contributed by atoms with van der Waals surface area (Å²) in [4.78, 5) is 12.0. The van der Waals surface area contributed by atoms with Crippen LogP contribution in [0.1, 0.15) is 17.2 Å². The van der Waals surface area contributed by atoms with Gasteiger partial charge in [0.1, 0.15) is 0 Å². The Labute approximate surface area is 156 Å². The molecule has 2 aromatic carbocycles. The molecule has 2 amide bonds. The molecule has 0 aliphatic rings. The first-order chi connectivity index (χ1) is 12.6. The molecule has 0 saturated heterocycles. The number of urea groups is 1. The van der Waals surface area contributed by atoms with Crippen molar-refractivity contribution in [1.29, 1.82) is 0 Å². The quantitative estimate of drug-likeness (QED) is 0.622. The maximum Gasteiger partial charge on any atom is 0.319 e. The molecule has 0 saturated carbocycles. The zero-order valence-electron chi connectivity index (χ0n) is 14.0. The van der Waals surface area contributed by atoms with Crippen LogP contribution >= 0.6 is 11.6 Å². The van der Waals surface area contributed by atoms with Crippen molar-refractivity contribution >= 4 is 23.3 Å². The molecular formula is C19H19ClN4O2. The number of hydrogen-bond acceptors (Lipinski definition) is 3. The van der Waals surface area contributed by atoms with Crippen LogP contribution in [-0.2, 0) is 6.54 Å². The minimum atomic E-state index is -0.797. The second-order valence-electron chi connectivity index (χ2n) is 5.80. The van der Waals surface area contributed by atoms with E-state index in [9.17, 15) is 9.90 Å². The first-order valence-corrected chi connectivity index (χ1v) is 8.53. The third kappa shape index (κ3) is 5.08. The lowest BCUT2D eigenvalue weighted by Gasteiger charge is -2.13. The fourth-order valence-corrected chi connectivity index (χ4v) is 2.57. The highest BCUT2D eigenvalue weighted by atomic mass is 35.5. The minimum absolute atomic E-state index is 0.102. The second kappa shape index (κ2) is 8.51. The van der Waals surface area contributed by atoms with E-state index in [0.717, 1.165) is 5.56 Å². The summed E-state index contributed by atoms with van der Waals surface area (Å²) < 4.78 is 1.83. The fraction of sp³-hybridized carbons (Fsp3) is 0.158. The lowest BCUT2D eigenvalue weighted by molar-refractivity contribution is 0.175. The number of aliphatic hydroxyl groups excluding tert-OH is 1. The highest BCUT2D eigenvalue weighted by molar-refractivity contribution is 6.30. The van der Waals surface area contributed by atoms with Crippen LogP contribution < -0.4 is 10.6 Å². The van der Waals surface area contributed by atoms with Gasteiger partial charge in [-0.1, -0.05) is 35.9 Å². The van der Waals surface area contributed by atoms with Crippen LogP contribution in [0.2, 0.25) is 5.02 Å². The Kier molecular flexibility index (Phi) is 5.88. The fourth-order valence-electron chi connectivity index (χ4n) is 2.44. The molecule has 0 spiro atoms. The Morgan fingerprint density at radius 2 is 1.88 bits per heavy atom. The monoisotopic (exact) mass is 370 g/mol. The Balaban J connectivity index is 1.47. The molecule has 0 aliphatic carbocycles. The summed E-state index contributed by atoms with van der Waals surface area (Å²) in [6, 6.07) is 15.9. The number of nitrogens with one attached hydrogen (secondary N) is 2. The summed E-state index contributed by atoms with van der Waals surface area (Å²) in [6.07, 6.45) is 2.83. The van der Waals surface area contributed by atoms with Gasteiger partial charge in [-0.2, -0.15) is 5.10 Å². The third-order valence-electron chi connectivity index (χ3n) is 3.83. The normalized spacial score (nSPS) is 11.8. The molecule has 3 aromatic rings. The molecule has 1 atom stereocenters. The molecule has 0 fully saturated rings. The van der Waals surface area contributed by atoms with Crippen molar-refractivity contribution < 1.29 is 9.90 Å². The second-order valence-corrected chi connectivity index (χ2v) is 6.24. The van der Waals surface area contributed by atoms with E-state index in [0.29, 0.717) is 22.8 Å². The Bertz CT molecular complexity index is 833. The van der Waals surface area contributed by atoms with Crippen LogP contribution in [0, 0.1) is 0 Å². The lowest BCUT2D eigenvalue weighted by atomic mass is 10.1. The molecule has 1 aromatic heterocycles. The van der Waals surface area contributed by atoms with Crippen molar-refractivity contribution in [1.82, 2.24) is 15.1 Å². The molecule has 0 aliphatic heterocycles. The average molecular weight is 371 g/mol. The van der Waals surface area contributed by atoms with E-state index in [4.69, 9.17) is 11.6 Å². The van der Waals surface area contributed by atoms with E-state index in [1.165, 1.54) is 0 Å². The molecule has 7 heteroatoms. The van der Waals surface area contributed by atoms with Gasteiger partial charge in [0.25, 0.3) is 0 Å². The molecule has 134 valence electrons. The number of carbonyl (C=O) groups excluding carboxylic acids is 1. The van der Waals surface area contributed by atoms with Crippen LogP contribution in [0.25, 0.3) is 0 Å². The predicted octanol–water partition coefficient (Wildman–Crippen LogP) is 3.44. The standard InChI is InChI=1S/C19H19ClN4O2/c20-16-6-4-15(5-7-16)18(25)12-21-19(26)23-17-8-2-14(3-9-17)13-24-11-1-10-22-24/h1-11,18,25H,12-13H2,(H2,21,23,26). The van der Waals surface area contributed by atoms with Gasteiger partial charge in [-0.15, -0.1) is 0 Å². The Morgan fingerprint density at radius 3 is 2.54 bits per heavy atom. The number of hydrogen-bond donors (Lipinski definition) is 3. The van der Waals surface area contributed by atoms with Crippen LogP contribution in [0.15, 0.2) is 67.0 Å². The van der Waals surface area contributed by atoms with Gasteiger partial charge in [-0.05, 0) is 41.5 Å². The number of carbonyl (C=O) groups is 1. The molecule has 0 radical (unpaired) electrons. The largest absolute Gasteiger partial charge is 0.387 e. The number of amides is 2. The van der Waals surface area contributed by atoms with Crippen LogP contribution in [-0.4, -0.2) is 27.5 Å². The van der Waals surface area contributed by atoms with Gasteiger partial charge < -0.3 is 15.7 Å². The van der Waals surface area contributed by atoms with Crippen LogP contribution in [0.4, 0.5) is 10.5 Å². The smallest absolute Gasteiger partial charge is 0.319 e. The first kappa shape index (κ1) is 18.0. The van der Waals surface area contributed by atoms with Crippen molar-refractivity contribution in [3.05, 3.63) is 83.1 Å². The molecule has 0 bridgehead atoms. The molecule has 6 nitrogen and oxygen atoms in total. The summed E-state index contributed by atoms with van der Waals surface area (Å²) in [5.74, 6) is 0. The maximum absolute atomic E-state index is 12.0. The maximum atomic E-state index is 12.0.